The largest absolute Gasteiger partial charge is 0.481 e. The number of hydrogen-bond acceptors (Lipinski definition) is 1. The molecule has 0 radical (unpaired) electrons. The van der Waals surface area contributed by atoms with Crippen molar-refractivity contribution >= 4 is 5.97 Å². The van der Waals surface area contributed by atoms with E-state index in [0.717, 1.165) is 41.9 Å². The first kappa shape index (κ1) is 19.8. The van der Waals surface area contributed by atoms with Crippen molar-refractivity contribution in [2.45, 2.75) is 98.3 Å². The zero-order valence-corrected chi connectivity index (χ0v) is 18.2. The van der Waals surface area contributed by atoms with Crippen LogP contribution in [0.15, 0.2) is 0 Å². The van der Waals surface area contributed by atoms with E-state index in [1.807, 2.05) is 0 Å². The van der Waals surface area contributed by atoms with E-state index in [2.05, 4.69) is 27.7 Å². The molecule has 154 valence electrons. The predicted octanol–water partition coefficient (Wildman–Crippen LogP) is 6.78. The van der Waals surface area contributed by atoms with E-state index in [4.69, 9.17) is 5.11 Å². The van der Waals surface area contributed by atoms with E-state index in [1.165, 1.54) is 57.8 Å². The normalized spacial score (nSPS) is 50.4. The van der Waals surface area contributed by atoms with Crippen LogP contribution >= 0.6 is 0 Å². The number of fused-ring (bicyclic) bond motifs is 5. The van der Waals surface area contributed by atoms with Crippen LogP contribution < -0.4 is 0 Å². The fourth-order valence-electron chi connectivity index (χ4n) is 9.34. The standard InChI is InChI=1S/C25H42O2/c1-16(8-11-23(26)27)20-9-10-21-18-15-17(2)19-7-5-6-13-24(19,3)22(18)12-14-25(20,21)4/h16-22H,5-15H2,1-4H3,(H,26,27)/t16-,17+,18+,19+,20?,21?,22+,24+,25-/m1/s1. The molecular weight excluding hydrogens is 332 g/mol. The van der Waals surface area contributed by atoms with E-state index in [1.54, 1.807) is 0 Å². The summed E-state index contributed by atoms with van der Waals surface area (Å²) >= 11 is 0. The van der Waals surface area contributed by atoms with Crippen LogP contribution in [0.25, 0.3) is 0 Å². The summed E-state index contributed by atoms with van der Waals surface area (Å²) in [7, 11) is 0. The van der Waals surface area contributed by atoms with Crippen molar-refractivity contribution in [1.82, 2.24) is 0 Å². The Balaban J connectivity index is 1.55. The molecule has 2 unspecified atom stereocenters. The van der Waals surface area contributed by atoms with Gasteiger partial charge in [0.2, 0.25) is 0 Å². The van der Waals surface area contributed by atoms with Crippen molar-refractivity contribution < 1.29 is 9.90 Å². The van der Waals surface area contributed by atoms with Crippen LogP contribution in [-0.4, -0.2) is 11.1 Å². The molecule has 4 aliphatic rings. The van der Waals surface area contributed by atoms with E-state index < -0.39 is 5.97 Å². The SMILES string of the molecule is C[C@H](CCC(=O)O)C1CCC2[C@@H]3C[C@H](C)[C@@H]4CCCC[C@]4(C)[C@H]3CC[C@]12C. The number of carboxylic acid groups (broad SMARTS) is 1. The number of carboxylic acids is 1. The van der Waals surface area contributed by atoms with E-state index in [9.17, 15) is 4.79 Å². The van der Waals surface area contributed by atoms with Gasteiger partial charge in [-0.3, -0.25) is 4.79 Å². The lowest BCUT2D eigenvalue weighted by molar-refractivity contribution is -0.139. The maximum Gasteiger partial charge on any atom is 0.303 e. The second-order valence-corrected chi connectivity index (χ2v) is 11.6. The van der Waals surface area contributed by atoms with Crippen molar-refractivity contribution in [3.05, 3.63) is 0 Å². The molecule has 0 saturated heterocycles. The maximum absolute atomic E-state index is 11.1. The average Bonchev–Trinajstić information content (AvgIpc) is 2.97. The molecule has 27 heavy (non-hydrogen) atoms. The molecule has 0 aromatic rings. The molecule has 2 nitrogen and oxygen atoms in total. The molecule has 0 aromatic heterocycles. The Hall–Kier alpha value is -0.530. The number of carbonyl (C=O) groups is 1. The van der Waals surface area contributed by atoms with Gasteiger partial charge in [-0.1, -0.05) is 40.5 Å². The Kier molecular flexibility index (Phi) is 5.17. The molecule has 4 rings (SSSR count). The maximum atomic E-state index is 11.1. The van der Waals surface area contributed by atoms with Gasteiger partial charge in [0.1, 0.15) is 0 Å². The molecule has 0 amide bonds. The van der Waals surface area contributed by atoms with Crippen LogP contribution in [0.3, 0.4) is 0 Å². The van der Waals surface area contributed by atoms with Gasteiger partial charge in [-0.2, -0.15) is 0 Å². The highest BCUT2D eigenvalue weighted by Crippen LogP contribution is 2.69. The topological polar surface area (TPSA) is 37.3 Å². The summed E-state index contributed by atoms with van der Waals surface area (Å²) in [5.41, 5.74) is 1.07. The molecule has 0 bridgehead atoms. The molecular formula is C25H42O2. The third-order valence-corrected chi connectivity index (χ3v) is 10.5. The fraction of sp³-hybridized carbons (Fsp3) is 0.960. The first-order chi connectivity index (χ1) is 12.8. The van der Waals surface area contributed by atoms with Gasteiger partial charge in [-0.15, -0.1) is 0 Å². The van der Waals surface area contributed by atoms with Crippen LogP contribution in [0.2, 0.25) is 0 Å². The van der Waals surface area contributed by atoms with Gasteiger partial charge >= 0.3 is 5.97 Å². The molecule has 2 heteroatoms. The summed E-state index contributed by atoms with van der Waals surface area (Å²) in [4.78, 5) is 11.1. The predicted molar refractivity (Wildman–Crippen MR) is 110 cm³/mol. The summed E-state index contributed by atoms with van der Waals surface area (Å²) in [6, 6.07) is 0. The second-order valence-electron chi connectivity index (χ2n) is 11.6. The van der Waals surface area contributed by atoms with E-state index in [-0.39, 0.29) is 0 Å². The van der Waals surface area contributed by atoms with Gasteiger partial charge in [0.05, 0.1) is 0 Å². The lowest BCUT2D eigenvalue weighted by Gasteiger charge is -2.62. The molecule has 0 heterocycles. The van der Waals surface area contributed by atoms with Gasteiger partial charge in [0, 0.05) is 6.42 Å². The minimum atomic E-state index is -0.623. The van der Waals surface area contributed by atoms with E-state index in [0.29, 0.717) is 23.2 Å². The van der Waals surface area contributed by atoms with Crippen LogP contribution in [-0.2, 0) is 4.79 Å². The van der Waals surface area contributed by atoms with Crippen LogP contribution in [0.5, 0.6) is 0 Å². The molecule has 4 fully saturated rings. The van der Waals surface area contributed by atoms with Crippen molar-refractivity contribution in [3.8, 4) is 0 Å². The number of hydrogen-bond donors (Lipinski definition) is 1. The lowest BCUT2D eigenvalue weighted by atomic mass is 9.43. The third kappa shape index (κ3) is 3.08. The average molecular weight is 375 g/mol. The highest BCUT2D eigenvalue weighted by molar-refractivity contribution is 5.66. The highest BCUT2D eigenvalue weighted by atomic mass is 16.4. The zero-order valence-electron chi connectivity index (χ0n) is 18.2. The number of aliphatic carboxylic acids is 1. The van der Waals surface area contributed by atoms with Crippen LogP contribution in [0, 0.1) is 52.3 Å². The minimum absolute atomic E-state index is 0.348. The molecule has 0 aliphatic heterocycles. The quantitative estimate of drug-likeness (QED) is 0.588. The molecule has 9 atom stereocenters. The molecule has 0 aromatic carbocycles. The highest BCUT2D eigenvalue weighted by Gasteiger charge is 2.61. The third-order valence-electron chi connectivity index (χ3n) is 10.5. The van der Waals surface area contributed by atoms with Gasteiger partial charge in [-0.25, -0.2) is 0 Å². The Morgan fingerprint density at radius 3 is 2.48 bits per heavy atom. The summed E-state index contributed by atoms with van der Waals surface area (Å²) in [5, 5.41) is 9.12. The summed E-state index contributed by atoms with van der Waals surface area (Å²) in [6.07, 6.45) is 14.2. The molecule has 4 aliphatic carbocycles. The minimum Gasteiger partial charge on any atom is -0.481 e. The second kappa shape index (κ2) is 7.06. The summed E-state index contributed by atoms with van der Waals surface area (Å²) in [5.74, 6) is 5.37. The van der Waals surface area contributed by atoms with Gasteiger partial charge in [0.15, 0.2) is 0 Å². The van der Waals surface area contributed by atoms with Crippen LogP contribution in [0.4, 0.5) is 0 Å². The van der Waals surface area contributed by atoms with E-state index >= 15 is 0 Å². The monoisotopic (exact) mass is 374 g/mol. The first-order valence-electron chi connectivity index (χ1n) is 12.0. The Bertz CT molecular complexity index is 571. The molecule has 4 saturated carbocycles. The Morgan fingerprint density at radius 2 is 1.74 bits per heavy atom. The zero-order chi connectivity index (χ0) is 19.4. The van der Waals surface area contributed by atoms with Gasteiger partial charge in [0.25, 0.3) is 0 Å². The van der Waals surface area contributed by atoms with Crippen molar-refractivity contribution in [1.29, 1.82) is 0 Å². The van der Waals surface area contributed by atoms with Crippen molar-refractivity contribution in [2.75, 3.05) is 0 Å². The van der Waals surface area contributed by atoms with Gasteiger partial charge < -0.3 is 5.11 Å². The summed E-state index contributed by atoms with van der Waals surface area (Å²) < 4.78 is 0. The van der Waals surface area contributed by atoms with Crippen LogP contribution in [0.1, 0.15) is 98.3 Å². The molecule has 0 spiro atoms. The smallest absolute Gasteiger partial charge is 0.303 e. The van der Waals surface area contributed by atoms with Crippen molar-refractivity contribution in [3.63, 3.8) is 0 Å². The first-order valence-corrected chi connectivity index (χ1v) is 12.0. The Morgan fingerprint density at radius 1 is 1.00 bits per heavy atom. The fourth-order valence-corrected chi connectivity index (χ4v) is 9.34. The van der Waals surface area contributed by atoms with Crippen molar-refractivity contribution in [2.24, 2.45) is 52.3 Å². The number of rotatable bonds is 4. The summed E-state index contributed by atoms with van der Waals surface area (Å²) in [6.45, 7) is 10.2. The lowest BCUT2D eigenvalue weighted by Crippen LogP contribution is -2.55. The molecule has 1 N–H and O–H groups in total. The Labute approximate surface area is 166 Å². The van der Waals surface area contributed by atoms with Gasteiger partial charge in [-0.05, 0) is 104 Å².